The van der Waals surface area contributed by atoms with E-state index in [2.05, 4.69) is 0 Å². The molecule has 1 aliphatic rings. The molecule has 0 aromatic heterocycles. The van der Waals surface area contributed by atoms with Crippen LogP contribution in [-0.2, 0) is 10.9 Å². The molecule has 0 radical (unpaired) electrons. The molecule has 36 heavy (non-hydrogen) atoms. The fourth-order valence-corrected chi connectivity index (χ4v) is 6.31. The summed E-state index contributed by atoms with van der Waals surface area (Å²) in [5.41, 5.74) is 1.07. The number of fused-ring (bicyclic) bond motifs is 2. The summed E-state index contributed by atoms with van der Waals surface area (Å²) in [4.78, 5) is 29.4. The number of hydrogen-bond acceptors (Lipinski definition) is 7. The van der Waals surface area contributed by atoms with Crippen LogP contribution < -0.4 is 23.4 Å². The number of carbonyl (C=O) groups excluding carboxylic acids is 2. The van der Waals surface area contributed by atoms with Crippen LogP contribution in [-0.4, -0.2) is 16.8 Å². The summed E-state index contributed by atoms with van der Waals surface area (Å²) in [5.74, 6) is 1.03. The van der Waals surface area contributed by atoms with Crippen LogP contribution in [0.5, 0.6) is 11.5 Å². The Labute approximate surface area is 212 Å². The van der Waals surface area contributed by atoms with Gasteiger partial charge >= 0.3 is 0 Å². The van der Waals surface area contributed by atoms with Crippen LogP contribution >= 0.6 is 0 Å². The third-order valence-electron chi connectivity index (χ3n) is 5.22. The van der Waals surface area contributed by atoms with Crippen molar-refractivity contribution in [2.24, 2.45) is 0 Å². The van der Waals surface area contributed by atoms with Crippen molar-refractivity contribution in [3.63, 3.8) is 0 Å². The van der Waals surface area contributed by atoms with Crippen LogP contribution in [0.4, 0.5) is 0 Å². The smallest absolute Gasteiger partial charge is 0.253 e. The lowest BCUT2D eigenvalue weighted by Crippen LogP contribution is -2.68. The molecule has 4 aromatic rings. The maximum Gasteiger partial charge on any atom is 0.253 e. The van der Waals surface area contributed by atoms with Crippen molar-refractivity contribution in [2.75, 3.05) is 0 Å². The van der Waals surface area contributed by atoms with Crippen molar-refractivity contribution in [1.82, 2.24) is 0 Å². The van der Waals surface area contributed by atoms with Gasteiger partial charge in [-0.3, -0.25) is 9.59 Å². The lowest BCUT2D eigenvalue weighted by atomic mass is 10.0. The van der Waals surface area contributed by atoms with E-state index in [9.17, 15) is 9.59 Å². The van der Waals surface area contributed by atoms with Crippen LogP contribution in [0.2, 0.25) is 0 Å². The topological polar surface area (TPSA) is 136 Å². The highest BCUT2D eigenvalue weighted by Gasteiger charge is 2.51. The quantitative estimate of drug-likeness (QED) is 0.218. The van der Waals surface area contributed by atoms with Crippen LogP contribution in [0, 0.1) is 10.2 Å². The Morgan fingerprint density at radius 3 is 1.31 bits per heavy atom. The van der Waals surface area contributed by atoms with Gasteiger partial charge in [0.25, 0.3) is 5.25 Å². The summed E-state index contributed by atoms with van der Waals surface area (Å²) < 4.78 is 40.1. The molecule has 1 aliphatic heterocycles. The molecule has 0 atom stereocenters. The molecule has 0 bridgehead atoms. The molecular formula is C27H19ClO7S. The fraction of sp³-hybridized carbons (Fsp3) is 0.0370. The minimum Gasteiger partial charge on any atom is -0.447 e. The zero-order chi connectivity index (χ0) is 25.7. The summed E-state index contributed by atoms with van der Waals surface area (Å²) in [5, 5.41) is -0.879. The SMILES string of the molecule is O=C(c1ccccc1)C(C(=O)c1ccccc1)[S+]1c2ccccc2Oc2ccccc21.[O-][Cl+3]([O-])([O-])[O-]. The first-order valence-electron chi connectivity index (χ1n) is 10.6. The third-order valence-corrected chi connectivity index (χ3v) is 7.74. The number of benzene rings is 4. The van der Waals surface area contributed by atoms with E-state index in [-0.39, 0.29) is 11.6 Å². The largest absolute Gasteiger partial charge is 0.447 e. The zero-order valence-corrected chi connectivity index (χ0v) is 20.2. The fourth-order valence-electron chi connectivity index (χ4n) is 3.76. The van der Waals surface area contributed by atoms with Crippen molar-refractivity contribution in [3.05, 3.63) is 120 Å². The van der Waals surface area contributed by atoms with Gasteiger partial charge in [0.05, 0.1) is 10.9 Å². The van der Waals surface area contributed by atoms with Crippen molar-refractivity contribution in [3.8, 4) is 11.5 Å². The first-order valence-corrected chi connectivity index (χ1v) is 13.2. The Balaban J connectivity index is 0.000000556. The number of hydrogen-bond donors (Lipinski definition) is 0. The molecule has 5 rings (SSSR count). The molecule has 1 heterocycles. The van der Waals surface area contributed by atoms with Gasteiger partial charge in [-0.05, 0) is 24.3 Å². The minimum atomic E-state index is -4.94. The van der Waals surface area contributed by atoms with Crippen LogP contribution in [0.25, 0.3) is 0 Å². The van der Waals surface area contributed by atoms with Crippen molar-refractivity contribution >= 4 is 22.5 Å². The average molecular weight is 523 g/mol. The number of halogens is 1. The maximum absolute atomic E-state index is 13.8. The van der Waals surface area contributed by atoms with E-state index in [0.29, 0.717) is 22.6 Å². The predicted molar refractivity (Wildman–Crippen MR) is 122 cm³/mol. The Kier molecular flexibility index (Phi) is 7.85. The van der Waals surface area contributed by atoms with Gasteiger partial charge in [-0.2, -0.15) is 0 Å². The monoisotopic (exact) mass is 522 g/mol. The molecule has 7 nitrogen and oxygen atoms in total. The van der Waals surface area contributed by atoms with E-state index >= 15 is 0 Å². The highest BCUT2D eigenvalue weighted by Crippen LogP contribution is 2.46. The van der Waals surface area contributed by atoms with Gasteiger partial charge in [-0.1, -0.05) is 84.9 Å². The highest BCUT2D eigenvalue weighted by atomic mass is 35.7. The summed E-state index contributed by atoms with van der Waals surface area (Å²) in [6.07, 6.45) is 0. The Morgan fingerprint density at radius 2 is 0.917 bits per heavy atom. The number of Topliss-reactive ketones (excluding diaryl/α,β-unsaturated/α-hetero) is 2. The first-order chi connectivity index (χ1) is 17.2. The molecular weight excluding hydrogens is 504 g/mol. The molecule has 4 aromatic carbocycles. The molecule has 0 spiro atoms. The molecule has 0 unspecified atom stereocenters. The zero-order valence-electron chi connectivity index (χ0n) is 18.6. The van der Waals surface area contributed by atoms with Gasteiger partial charge in [0.2, 0.25) is 21.4 Å². The lowest BCUT2D eigenvalue weighted by molar-refractivity contribution is -2.00. The van der Waals surface area contributed by atoms with Gasteiger partial charge in [0, 0.05) is 11.1 Å². The molecule has 0 N–H and O–H groups in total. The van der Waals surface area contributed by atoms with Gasteiger partial charge in [-0.15, -0.1) is 10.2 Å². The van der Waals surface area contributed by atoms with E-state index in [1.54, 1.807) is 24.3 Å². The second-order valence-corrected chi connectivity index (χ2v) is 10.3. The van der Waals surface area contributed by atoms with Crippen LogP contribution in [0.3, 0.4) is 0 Å². The Hall–Kier alpha value is -3.50. The molecule has 0 amide bonds. The lowest BCUT2D eigenvalue weighted by Gasteiger charge is -2.24. The summed E-state index contributed by atoms with van der Waals surface area (Å²) >= 11 is 0. The average Bonchev–Trinajstić information content (AvgIpc) is 2.88. The third kappa shape index (κ3) is 6.00. The number of para-hydroxylation sites is 2. The standard InChI is InChI=1S/C27H19O3S.ClHO4/c28-25(19-11-3-1-4-12-19)27(26(29)20-13-5-2-6-14-20)31-23-17-9-7-15-21(23)30-22-16-8-10-18-24(22)31;2-1(3,4)5/h1-18,27H;(H,2,3,4,5)/q+1;/p-1. The highest BCUT2D eigenvalue weighted by molar-refractivity contribution is 7.99. The van der Waals surface area contributed by atoms with Crippen molar-refractivity contribution < 1.29 is 43.2 Å². The van der Waals surface area contributed by atoms with Gasteiger partial charge < -0.3 is 4.74 Å². The molecule has 0 saturated carbocycles. The Bertz CT molecular complexity index is 1250. The number of rotatable bonds is 5. The molecule has 0 saturated heterocycles. The van der Waals surface area contributed by atoms with Crippen molar-refractivity contribution in [1.29, 1.82) is 0 Å². The van der Waals surface area contributed by atoms with E-state index in [0.717, 1.165) is 9.79 Å². The van der Waals surface area contributed by atoms with E-state index in [4.69, 9.17) is 23.4 Å². The predicted octanol–water partition coefficient (Wildman–Crippen LogP) is 1.21. The number of ketones is 2. The van der Waals surface area contributed by atoms with Gasteiger partial charge in [0.15, 0.2) is 11.5 Å². The summed E-state index contributed by atoms with van der Waals surface area (Å²) in [7, 11) is -5.76. The van der Waals surface area contributed by atoms with Gasteiger partial charge in [-0.25, -0.2) is 18.6 Å². The van der Waals surface area contributed by atoms with E-state index in [1.165, 1.54) is 0 Å². The van der Waals surface area contributed by atoms with Gasteiger partial charge in [0.1, 0.15) is 0 Å². The molecule has 9 heteroatoms. The van der Waals surface area contributed by atoms with E-state index in [1.807, 2.05) is 84.9 Å². The number of ether oxygens (including phenoxy) is 1. The minimum absolute atomic E-state index is 0.177. The van der Waals surface area contributed by atoms with Crippen LogP contribution in [0.15, 0.2) is 119 Å². The van der Waals surface area contributed by atoms with Crippen molar-refractivity contribution in [2.45, 2.75) is 15.0 Å². The summed E-state index contributed by atoms with van der Waals surface area (Å²) in [6, 6.07) is 33.5. The second kappa shape index (κ2) is 11.0. The second-order valence-electron chi connectivity index (χ2n) is 7.55. The van der Waals surface area contributed by atoms with Crippen LogP contribution in [0.1, 0.15) is 20.7 Å². The maximum atomic E-state index is 13.8. The van der Waals surface area contributed by atoms with E-state index < -0.39 is 26.4 Å². The summed E-state index contributed by atoms with van der Waals surface area (Å²) in [6.45, 7) is 0. The number of carbonyl (C=O) groups is 2. The molecule has 0 fully saturated rings. The molecule has 182 valence electrons. The first kappa shape index (κ1) is 25.6. The normalized spacial score (nSPS) is 12.5. The molecule has 0 aliphatic carbocycles. The Morgan fingerprint density at radius 1 is 0.583 bits per heavy atom.